The summed E-state index contributed by atoms with van der Waals surface area (Å²) in [5.41, 5.74) is 4.91. The zero-order valence-electron chi connectivity index (χ0n) is 16.5. The standard InChI is InChI=1S/C21H25N3O2/c1-12-10-15(21(4,5)6)8-9-17(12)26-20(25)16-11-13(2)22-19-18(16)14(3)23-24(19)7/h8-11H,1-7H3. The molecule has 136 valence electrons. The Morgan fingerprint density at radius 3 is 2.42 bits per heavy atom. The van der Waals surface area contributed by atoms with Crippen LogP contribution in [0.1, 0.15) is 53.6 Å². The van der Waals surface area contributed by atoms with Gasteiger partial charge in [-0.25, -0.2) is 9.78 Å². The molecular formula is C21H25N3O2. The van der Waals surface area contributed by atoms with Crippen LogP contribution in [0.2, 0.25) is 0 Å². The van der Waals surface area contributed by atoms with Gasteiger partial charge in [0.15, 0.2) is 5.65 Å². The Balaban J connectivity index is 2.00. The van der Waals surface area contributed by atoms with Crippen molar-refractivity contribution in [1.82, 2.24) is 14.8 Å². The fourth-order valence-corrected chi connectivity index (χ4v) is 3.12. The number of aryl methyl sites for hydroxylation is 4. The van der Waals surface area contributed by atoms with Crippen molar-refractivity contribution in [3.05, 3.63) is 52.3 Å². The fraction of sp³-hybridized carbons (Fsp3) is 0.381. The van der Waals surface area contributed by atoms with E-state index >= 15 is 0 Å². The summed E-state index contributed by atoms with van der Waals surface area (Å²) in [7, 11) is 1.83. The molecule has 0 saturated carbocycles. The molecule has 0 amide bonds. The predicted molar refractivity (Wildman–Crippen MR) is 103 cm³/mol. The third-order valence-electron chi connectivity index (χ3n) is 4.56. The van der Waals surface area contributed by atoms with Crippen LogP contribution in [0.4, 0.5) is 0 Å². The number of pyridine rings is 1. The molecule has 3 aromatic rings. The van der Waals surface area contributed by atoms with Gasteiger partial charge in [0.2, 0.25) is 0 Å². The first-order valence-corrected chi connectivity index (χ1v) is 8.72. The minimum absolute atomic E-state index is 0.0501. The Kier molecular flexibility index (Phi) is 4.34. The van der Waals surface area contributed by atoms with Crippen LogP contribution in [-0.4, -0.2) is 20.7 Å². The monoisotopic (exact) mass is 351 g/mol. The van der Waals surface area contributed by atoms with Gasteiger partial charge in [-0.05, 0) is 49.4 Å². The lowest BCUT2D eigenvalue weighted by Crippen LogP contribution is -2.13. The number of fused-ring (bicyclic) bond motifs is 1. The second-order valence-electron chi connectivity index (χ2n) is 7.84. The minimum atomic E-state index is -0.386. The van der Waals surface area contributed by atoms with E-state index in [4.69, 9.17) is 4.74 Å². The summed E-state index contributed by atoms with van der Waals surface area (Å²) >= 11 is 0. The van der Waals surface area contributed by atoms with Crippen LogP contribution in [0.5, 0.6) is 5.75 Å². The molecule has 0 aliphatic carbocycles. The molecule has 2 heterocycles. The van der Waals surface area contributed by atoms with Crippen LogP contribution < -0.4 is 4.74 Å². The van der Waals surface area contributed by atoms with Crippen LogP contribution in [0.3, 0.4) is 0 Å². The van der Waals surface area contributed by atoms with Gasteiger partial charge in [-0.3, -0.25) is 4.68 Å². The van der Waals surface area contributed by atoms with Gasteiger partial charge in [-0.2, -0.15) is 5.10 Å². The number of hydrogen-bond donors (Lipinski definition) is 0. The second-order valence-corrected chi connectivity index (χ2v) is 7.84. The molecule has 0 radical (unpaired) electrons. The number of benzene rings is 1. The van der Waals surface area contributed by atoms with Gasteiger partial charge in [0.05, 0.1) is 16.6 Å². The molecular weight excluding hydrogens is 326 g/mol. The largest absolute Gasteiger partial charge is 0.423 e. The highest BCUT2D eigenvalue weighted by atomic mass is 16.5. The van der Waals surface area contributed by atoms with E-state index in [2.05, 4.69) is 36.9 Å². The van der Waals surface area contributed by atoms with Crippen LogP contribution in [0.15, 0.2) is 24.3 Å². The highest BCUT2D eigenvalue weighted by Crippen LogP contribution is 2.29. The summed E-state index contributed by atoms with van der Waals surface area (Å²) in [5.74, 6) is 0.190. The number of hydrogen-bond acceptors (Lipinski definition) is 4. The maximum atomic E-state index is 12.9. The first-order chi connectivity index (χ1) is 12.1. The molecule has 0 aliphatic rings. The molecule has 0 atom stereocenters. The topological polar surface area (TPSA) is 57.0 Å². The minimum Gasteiger partial charge on any atom is -0.423 e. The summed E-state index contributed by atoms with van der Waals surface area (Å²) in [4.78, 5) is 17.4. The summed E-state index contributed by atoms with van der Waals surface area (Å²) in [6, 6.07) is 7.72. The first-order valence-electron chi connectivity index (χ1n) is 8.72. The van der Waals surface area contributed by atoms with Gasteiger partial charge in [0, 0.05) is 12.7 Å². The highest BCUT2D eigenvalue weighted by molar-refractivity contribution is 6.04. The van der Waals surface area contributed by atoms with Crippen LogP contribution >= 0.6 is 0 Å². The average Bonchev–Trinajstić information content (AvgIpc) is 2.82. The molecule has 26 heavy (non-hydrogen) atoms. The fourth-order valence-electron chi connectivity index (χ4n) is 3.12. The summed E-state index contributed by atoms with van der Waals surface area (Å²) in [6.07, 6.45) is 0. The molecule has 5 nitrogen and oxygen atoms in total. The molecule has 5 heteroatoms. The van der Waals surface area contributed by atoms with E-state index in [1.54, 1.807) is 10.7 Å². The number of carbonyl (C=O) groups is 1. The van der Waals surface area contributed by atoms with Gasteiger partial charge >= 0.3 is 5.97 Å². The Hall–Kier alpha value is -2.69. The number of nitrogens with zero attached hydrogens (tertiary/aromatic N) is 3. The second kappa shape index (κ2) is 6.24. The lowest BCUT2D eigenvalue weighted by atomic mass is 9.86. The Labute approximate surface area is 154 Å². The highest BCUT2D eigenvalue weighted by Gasteiger charge is 2.21. The van der Waals surface area contributed by atoms with E-state index in [1.165, 1.54) is 5.56 Å². The smallest absolute Gasteiger partial charge is 0.344 e. The van der Waals surface area contributed by atoms with Crippen molar-refractivity contribution in [1.29, 1.82) is 0 Å². The van der Waals surface area contributed by atoms with Crippen molar-refractivity contribution < 1.29 is 9.53 Å². The lowest BCUT2D eigenvalue weighted by Gasteiger charge is -2.20. The number of esters is 1. The molecule has 2 aromatic heterocycles. The normalized spacial score (nSPS) is 11.8. The molecule has 0 saturated heterocycles. The molecule has 1 aromatic carbocycles. The van der Waals surface area contributed by atoms with Gasteiger partial charge in [-0.1, -0.05) is 32.9 Å². The van der Waals surface area contributed by atoms with Gasteiger partial charge in [0.1, 0.15) is 5.75 Å². The van der Waals surface area contributed by atoms with Gasteiger partial charge < -0.3 is 4.74 Å². The molecule has 0 N–H and O–H groups in total. The van der Waals surface area contributed by atoms with E-state index in [9.17, 15) is 4.79 Å². The maximum Gasteiger partial charge on any atom is 0.344 e. The van der Waals surface area contributed by atoms with Crippen LogP contribution in [0.25, 0.3) is 11.0 Å². The number of ether oxygens (including phenoxy) is 1. The third kappa shape index (κ3) is 3.21. The molecule has 0 aliphatic heterocycles. The van der Waals surface area contributed by atoms with E-state index in [0.717, 1.165) is 22.3 Å². The number of carbonyl (C=O) groups excluding carboxylic acids is 1. The van der Waals surface area contributed by atoms with Crippen molar-refractivity contribution in [2.24, 2.45) is 7.05 Å². The van der Waals surface area contributed by atoms with Gasteiger partial charge in [-0.15, -0.1) is 0 Å². The van der Waals surface area contributed by atoms with Crippen molar-refractivity contribution in [3.8, 4) is 5.75 Å². The Morgan fingerprint density at radius 1 is 1.12 bits per heavy atom. The SMILES string of the molecule is Cc1cc(C(=O)Oc2ccc(C(C)(C)C)cc2C)c2c(C)nn(C)c2n1. The quantitative estimate of drug-likeness (QED) is 0.507. The first kappa shape index (κ1) is 18.1. The van der Waals surface area contributed by atoms with E-state index in [1.807, 2.05) is 40.0 Å². The average molecular weight is 351 g/mol. The van der Waals surface area contributed by atoms with Crippen LogP contribution in [0, 0.1) is 20.8 Å². The van der Waals surface area contributed by atoms with E-state index in [-0.39, 0.29) is 11.4 Å². The van der Waals surface area contributed by atoms with Crippen molar-refractivity contribution in [2.45, 2.75) is 47.0 Å². The van der Waals surface area contributed by atoms with Crippen molar-refractivity contribution in [3.63, 3.8) is 0 Å². The Bertz CT molecular complexity index is 1010. The summed E-state index contributed by atoms with van der Waals surface area (Å²) in [5, 5.41) is 5.13. The Morgan fingerprint density at radius 2 is 1.81 bits per heavy atom. The molecule has 3 rings (SSSR count). The summed E-state index contributed by atoms with van der Waals surface area (Å²) in [6.45, 7) is 12.2. The maximum absolute atomic E-state index is 12.9. The molecule has 0 bridgehead atoms. The number of rotatable bonds is 2. The predicted octanol–water partition coefficient (Wildman–Crippen LogP) is 4.41. The zero-order valence-corrected chi connectivity index (χ0v) is 16.5. The molecule has 0 spiro atoms. The summed E-state index contributed by atoms with van der Waals surface area (Å²) < 4.78 is 7.41. The number of aromatic nitrogens is 3. The molecule has 0 unspecified atom stereocenters. The van der Waals surface area contributed by atoms with Crippen molar-refractivity contribution in [2.75, 3.05) is 0 Å². The third-order valence-corrected chi connectivity index (χ3v) is 4.56. The van der Waals surface area contributed by atoms with E-state index in [0.29, 0.717) is 17.0 Å². The zero-order chi connectivity index (χ0) is 19.2. The van der Waals surface area contributed by atoms with Crippen molar-refractivity contribution >= 4 is 17.0 Å². The lowest BCUT2D eigenvalue weighted by molar-refractivity contribution is 0.0735. The molecule has 0 fully saturated rings. The van der Waals surface area contributed by atoms with Crippen LogP contribution in [-0.2, 0) is 12.5 Å². The van der Waals surface area contributed by atoms with E-state index < -0.39 is 0 Å². The van der Waals surface area contributed by atoms with Gasteiger partial charge in [0.25, 0.3) is 0 Å².